The predicted molar refractivity (Wildman–Crippen MR) is 98.7 cm³/mol. The van der Waals surface area contributed by atoms with Gasteiger partial charge in [0.25, 0.3) is 0 Å². The number of carbonyl (C=O) groups is 1. The van der Waals surface area contributed by atoms with Crippen LogP contribution in [0.15, 0.2) is 48.5 Å². The van der Waals surface area contributed by atoms with Crippen molar-refractivity contribution in [2.24, 2.45) is 0 Å². The molecule has 0 saturated heterocycles. The second kappa shape index (κ2) is 7.68. The van der Waals surface area contributed by atoms with Gasteiger partial charge in [-0.1, -0.05) is 41.9 Å². The SMILES string of the molecule is COCC(=O)NC(C)c1nc2ccccc2n1Cc1ccccc1Cl. The molecule has 1 amide bonds. The molecule has 0 saturated carbocycles. The monoisotopic (exact) mass is 357 g/mol. The van der Waals surface area contributed by atoms with Crippen molar-refractivity contribution < 1.29 is 9.53 Å². The Morgan fingerprint density at radius 3 is 2.72 bits per heavy atom. The number of nitrogens with zero attached hydrogens (tertiary/aromatic N) is 2. The molecule has 0 aliphatic rings. The van der Waals surface area contributed by atoms with Crippen LogP contribution in [0.2, 0.25) is 5.02 Å². The number of methoxy groups -OCH3 is 1. The van der Waals surface area contributed by atoms with Crippen LogP contribution in [0.25, 0.3) is 11.0 Å². The fraction of sp³-hybridized carbons (Fsp3) is 0.263. The van der Waals surface area contributed by atoms with Gasteiger partial charge in [-0.25, -0.2) is 4.98 Å². The number of rotatable bonds is 6. The lowest BCUT2D eigenvalue weighted by Gasteiger charge is -2.17. The Labute approximate surface area is 151 Å². The maximum absolute atomic E-state index is 11.9. The van der Waals surface area contributed by atoms with Crippen molar-refractivity contribution in [3.8, 4) is 0 Å². The second-order valence-corrected chi connectivity index (χ2v) is 6.27. The molecule has 6 heteroatoms. The smallest absolute Gasteiger partial charge is 0.246 e. The normalized spacial score (nSPS) is 12.3. The zero-order valence-electron chi connectivity index (χ0n) is 14.2. The number of carbonyl (C=O) groups excluding carboxylic acids is 1. The highest BCUT2D eigenvalue weighted by atomic mass is 35.5. The highest BCUT2D eigenvalue weighted by Crippen LogP contribution is 2.24. The van der Waals surface area contributed by atoms with E-state index in [0.29, 0.717) is 11.6 Å². The van der Waals surface area contributed by atoms with Gasteiger partial charge in [0.2, 0.25) is 5.91 Å². The highest BCUT2D eigenvalue weighted by molar-refractivity contribution is 6.31. The Hall–Kier alpha value is -2.37. The van der Waals surface area contributed by atoms with Crippen LogP contribution in [0.1, 0.15) is 24.4 Å². The first-order valence-electron chi connectivity index (χ1n) is 8.07. The molecule has 0 radical (unpaired) electrons. The van der Waals surface area contributed by atoms with Gasteiger partial charge in [0.1, 0.15) is 12.4 Å². The summed E-state index contributed by atoms with van der Waals surface area (Å²) in [4.78, 5) is 16.6. The number of para-hydroxylation sites is 2. The van der Waals surface area contributed by atoms with Crippen LogP contribution >= 0.6 is 11.6 Å². The quantitative estimate of drug-likeness (QED) is 0.733. The average molecular weight is 358 g/mol. The Kier molecular flexibility index (Phi) is 5.36. The number of benzene rings is 2. The Balaban J connectivity index is 2.00. The summed E-state index contributed by atoms with van der Waals surface area (Å²) < 4.78 is 6.98. The third-order valence-electron chi connectivity index (χ3n) is 4.01. The molecule has 1 unspecified atom stereocenters. The molecule has 25 heavy (non-hydrogen) atoms. The first-order valence-corrected chi connectivity index (χ1v) is 8.45. The van der Waals surface area contributed by atoms with Crippen molar-refractivity contribution >= 4 is 28.5 Å². The predicted octanol–water partition coefficient (Wildman–Crippen LogP) is 3.56. The molecular formula is C19H20ClN3O2. The third-order valence-corrected chi connectivity index (χ3v) is 4.38. The van der Waals surface area contributed by atoms with Gasteiger partial charge in [-0.05, 0) is 30.7 Å². The summed E-state index contributed by atoms with van der Waals surface area (Å²) in [6.07, 6.45) is 0. The average Bonchev–Trinajstić information content (AvgIpc) is 2.96. The molecule has 0 spiro atoms. The maximum atomic E-state index is 11.9. The topological polar surface area (TPSA) is 56.1 Å². The molecule has 0 aliphatic heterocycles. The van der Waals surface area contributed by atoms with Gasteiger partial charge in [-0.3, -0.25) is 4.79 Å². The lowest BCUT2D eigenvalue weighted by Crippen LogP contribution is -2.31. The molecule has 3 rings (SSSR count). The summed E-state index contributed by atoms with van der Waals surface area (Å²) in [7, 11) is 1.50. The fourth-order valence-corrected chi connectivity index (χ4v) is 3.06. The van der Waals surface area contributed by atoms with E-state index in [0.717, 1.165) is 22.4 Å². The number of nitrogens with one attached hydrogen (secondary N) is 1. The van der Waals surface area contributed by atoms with E-state index in [4.69, 9.17) is 21.3 Å². The maximum Gasteiger partial charge on any atom is 0.246 e. The number of hydrogen-bond donors (Lipinski definition) is 1. The Morgan fingerprint density at radius 1 is 1.24 bits per heavy atom. The molecule has 1 N–H and O–H groups in total. The Morgan fingerprint density at radius 2 is 1.96 bits per heavy atom. The van der Waals surface area contributed by atoms with Crippen molar-refractivity contribution in [2.75, 3.05) is 13.7 Å². The minimum Gasteiger partial charge on any atom is -0.375 e. The number of ether oxygens (including phenoxy) is 1. The summed E-state index contributed by atoms with van der Waals surface area (Å²) in [6, 6.07) is 15.4. The van der Waals surface area contributed by atoms with E-state index in [2.05, 4.69) is 9.88 Å². The van der Waals surface area contributed by atoms with Crippen LogP contribution in [-0.4, -0.2) is 29.2 Å². The van der Waals surface area contributed by atoms with Crippen molar-refractivity contribution in [1.29, 1.82) is 0 Å². The molecule has 3 aromatic rings. The minimum atomic E-state index is -0.252. The number of aromatic nitrogens is 2. The lowest BCUT2D eigenvalue weighted by molar-refractivity contribution is -0.125. The van der Waals surface area contributed by atoms with Gasteiger partial charge < -0.3 is 14.6 Å². The van der Waals surface area contributed by atoms with Crippen LogP contribution in [0.3, 0.4) is 0 Å². The van der Waals surface area contributed by atoms with Gasteiger partial charge in [0, 0.05) is 12.1 Å². The molecular weight excluding hydrogens is 338 g/mol. The number of halogens is 1. The minimum absolute atomic E-state index is 0.0229. The van der Waals surface area contributed by atoms with E-state index in [-0.39, 0.29) is 18.6 Å². The van der Waals surface area contributed by atoms with Crippen LogP contribution in [0.4, 0.5) is 0 Å². The van der Waals surface area contributed by atoms with E-state index < -0.39 is 0 Å². The van der Waals surface area contributed by atoms with Crippen molar-refractivity contribution in [2.45, 2.75) is 19.5 Å². The molecule has 130 valence electrons. The standard InChI is InChI=1S/C19H20ClN3O2/c1-13(21-18(24)12-25-2)19-22-16-9-5-6-10-17(16)23(19)11-14-7-3-4-8-15(14)20/h3-10,13H,11-12H2,1-2H3,(H,21,24). The molecule has 1 atom stereocenters. The highest BCUT2D eigenvalue weighted by Gasteiger charge is 2.19. The van der Waals surface area contributed by atoms with Crippen LogP contribution in [0.5, 0.6) is 0 Å². The van der Waals surface area contributed by atoms with Gasteiger partial charge >= 0.3 is 0 Å². The van der Waals surface area contributed by atoms with Gasteiger partial charge in [-0.15, -0.1) is 0 Å². The van der Waals surface area contributed by atoms with Crippen molar-refractivity contribution in [3.05, 3.63) is 64.9 Å². The van der Waals surface area contributed by atoms with Gasteiger partial charge in [0.05, 0.1) is 23.6 Å². The number of hydrogen-bond acceptors (Lipinski definition) is 3. The molecule has 0 bridgehead atoms. The zero-order valence-corrected chi connectivity index (χ0v) is 15.0. The van der Waals surface area contributed by atoms with E-state index in [1.54, 1.807) is 0 Å². The molecule has 5 nitrogen and oxygen atoms in total. The Bertz CT molecular complexity index is 891. The molecule has 1 aromatic heterocycles. The largest absolute Gasteiger partial charge is 0.375 e. The van der Waals surface area contributed by atoms with Crippen LogP contribution < -0.4 is 5.32 Å². The summed E-state index contributed by atoms with van der Waals surface area (Å²) in [5, 5.41) is 3.63. The first kappa shape index (κ1) is 17.5. The fourth-order valence-electron chi connectivity index (χ4n) is 2.87. The van der Waals surface area contributed by atoms with Crippen molar-refractivity contribution in [1.82, 2.24) is 14.9 Å². The van der Waals surface area contributed by atoms with E-state index >= 15 is 0 Å². The van der Waals surface area contributed by atoms with Gasteiger partial charge in [0.15, 0.2) is 0 Å². The summed E-state index contributed by atoms with van der Waals surface area (Å²) in [6.45, 7) is 2.52. The summed E-state index contributed by atoms with van der Waals surface area (Å²) in [5.74, 6) is 0.608. The zero-order chi connectivity index (χ0) is 17.8. The van der Waals surface area contributed by atoms with Crippen molar-refractivity contribution in [3.63, 3.8) is 0 Å². The van der Waals surface area contributed by atoms with Crippen LogP contribution in [0, 0.1) is 0 Å². The molecule has 0 aliphatic carbocycles. The summed E-state index contributed by atoms with van der Waals surface area (Å²) in [5.41, 5.74) is 2.90. The molecule has 2 aromatic carbocycles. The van der Waals surface area contributed by atoms with E-state index in [1.807, 2.05) is 55.5 Å². The van der Waals surface area contributed by atoms with Gasteiger partial charge in [-0.2, -0.15) is 0 Å². The lowest BCUT2D eigenvalue weighted by atomic mass is 10.2. The second-order valence-electron chi connectivity index (χ2n) is 5.86. The number of imidazole rings is 1. The molecule has 0 fully saturated rings. The number of amides is 1. The third kappa shape index (κ3) is 3.83. The molecule has 1 heterocycles. The van der Waals surface area contributed by atoms with E-state index in [9.17, 15) is 4.79 Å². The van der Waals surface area contributed by atoms with Crippen LogP contribution in [-0.2, 0) is 16.1 Å². The summed E-state index contributed by atoms with van der Waals surface area (Å²) >= 11 is 6.33. The number of fused-ring (bicyclic) bond motifs is 1. The van der Waals surface area contributed by atoms with E-state index in [1.165, 1.54) is 7.11 Å². The first-order chi connectivity index (χ1) is 12.1.